The second kappa shape index (κ2) is 7.51. The van der Waals surface area contributed by atoms with E-state index in [-0.39, 0.29) is 17.8 Å². The Morgan fingerprint density at radius 3 is 2.45 bits per heavy atom. The zero-order chi connectivity index (χ0) is 20.7. The molecule has 0 spiro atoms. The Morgan fingerprint density at radius 2 is 1.72 bits per heavy atom. The number of fused-ring (bicyclic) bond motifs is 5. The molecule has 0 bridgehead atoms. The number of phenolic OH excluding ortho intramolecular Hbond substituents is 2. The first-order chi connectivity index (χ1) is 13.8. The third-order valence-corrected chi connectivity index (χ3v) is 5.63. The van der Waals surface area contributed by atoms with Crippen LogP contribution in [0.2, 0.25) is 0 Å². The first-order valence-electron chi connectivity index (χ1n) is 10.1. The molecule has 0 radical (unpaired) electrons. The summed E-state index contributed by atoms with van der Waals surface area (Å²) >= 11 is 0. The van der Waals surface area contributed by atoms with Crippen molar-refractivity contribution >= 4 is 0 Å². The molecular weight excluding hydrogens is 364 g/mol. The van der Waals surface area contributed by atoms with E-state index in [0.29, 0.717) is 30.9 Å². The quantitative estimate of drug-likeness (QED) is 0.653. The smallest absolute Gasteiger partial charge is 0.138 e. The fourth-order valence-corrected chi connectivity index (χ4v) is 4.09. The van der Waals surface area contributed by atoms with Gasteiger partial charge in [-0.2, -0.15) is 0 Å². The average molecular weight is 392 g/mol. The van der Waals surface area contributed by atoms with Crippen LogP contribution >= 0.6 is 0 Å². The van der Waals surface area contributed by atoms with Crippen LogP contribution in [-0.2, 0) is 12.8 Å². The molecule has 4 rings (SSSR count). The molecule has 2 aliphatic rings. The number of rotatable bonds is 4. The van der Waals surface area contributed by atoms with Gasteiger partial charge in [0.1, 0.15) is 29.1 Å². The van der Waals surface area contributed by atoms with Gasteiger partial charge in [0.2, 0.25) is 0 Å². The minimum absolute atomic E-state index is 0.0789. The van der Waals surface area contributed by atoms with Crippen molar-refractivity contribution in [2.45, 2.75) is 52.6 Å². The number of hydrogen-bond donors (Lipinski definition) is 2. The van der Waals surface area contributed by atoms with Crippen LogP contribution in [0.4, 0.5) is 0 Å². The molecule has 0 aromatic heterocycles. The van der Waals surface area contributed by atoms with E-state index in [4.69, 9.17) is 9.47 Å². The summed E-state index contributed by atoms with van der Waals surface area (Å²) in [4.78, 5) is 0. The Kier molecular flexibility index (Phi) is 5.03. The van der Waals surface area contributed by atoms with Crippen molar-refractivity contribution in [3.63, 3.8) is 0 Å². The van der Waals surface area contributed by atoms with Crippen LogP contribution in [0.25, 0.3) is 0 Å². The van der Waals surface area contributed by atoms with E-state index < -0.39 is 0 Å². The summed E-state index contributed by atoms with van der Waals surface area (Å²) < 4.78 is 12.5. The molecule has 152 valence electrons. The molecule has 2 aliphatic heterocycles. The zero-order valence-electron chi connectivity index (χ0n) is 17.5. The molecule has 4 heteroatoms. The molecule has 0 fully saturated rings. The number of aromatic hydroxyl groups is 2. The first-order valence-corrected chi connectivity index (χ1v) is 10.1. The summed E-state index contributed by atoms with van der Waals surface area (Å²) in [6, 6.07) is 7.30. The van der Waals surface area contributed by atoms with Gasteiger partial charge in [-0.25, -0.2) is 0 Å². The number of ether oxygens (including phenoxy) is 2. The molecular formula is C25H28O4. The second-order valence-electron chi connectivity index (χ2n) is 8.43. The summed E-state index contributed by atoms with van der Waals surface area (Å²) in [6.07, 6.45) is 5.33. The lowest BCUT2D eigenvalue weighted by Gasteiger charge is -2.30. The summed E-state index contributed by atoms with van der Waals surface area (Å²) in [5.74, 6) is 2.03. The minimum atomic E-state index is -0.174. The van der Waals surface area contributed by atoms with Crippen LogP contribution in [0, 0.1) is 0 Å². The Balaban J connectivity index is 1.82. The molecule has 0 unspecified atom stereocenters. The van der Waals surface area contributed by atoms with Gasteiger partial charge >= 0.3 is 0 Å². The summed E-state index contributed by atoms with van der Waals surface area (Å²) in [5.41, 5.74) is 6.14. The average Bonchev–Trinajstić information content (AvgIpc) is 3.03. The van der Waals surface area contributed by atoms with E-state index in [9.17, 15) is 10.2 Å². The highest BCUT2D eigenvalue weighted by Gasteiger charge is 2.42. The monoisotopic (exact) mass is 392 g/mol. The van der Waals surface area contributed by atoms with E-state index >= 15 is 0 Å². The van der Waals surface area contributed by atoms with Crippen molar-refractivity contribution in [2.75, 3.05) is 6.61 Å². The van der Waals surface area contributed by atoms with Gasteiger partial charge in [-0.3, -0.25) is 0 Å². The third kappa shape index (κ3) is 3.59. The molecule has 4 nitrogen and oxygen atoms in total. The zero-order valence-corrected chi connectivity index (χ0v) is 17.5. The van der Waals surface area contributed by atoms with Crippen molar-refractivity contribution < 1.29 is 19.7 Å². The molecule has 0 amide bonds. The summed E-state index contributed by atoms with van der Waals surface area (Å²) in [6.45, 7) is 8.71. The molecule has 29 heavy (non-hydrogen) atoms. The number of allylic oxidation sites excluding steroid dienone is 4. The van der Waals surface area contributed by atoms with Gasteiger partial charge in [-0.1, -0.05) is 29.4 Å². The third-order valence-electron chi connectivity index (χ3n) is 5.63. The maximum absolute atomic E-state index is 11.0. The number of phenols is 2. The van der Waals surface area contributed by atoms with Crippen molar-refractivity contribution in [1.29, 1.82) is 0 Å². The van der Waals surface area contributed by atoms with E-state index in [0.717, 1.165) is 28.0 Å². The maximum Gasteiger partial charge on any atom is 0.138 e. The van der Waals surface area contributed by atoms with Crippen LogP contribution in [0.1, 0.15) is 62.0 Å². The van der Waals surface area contributed by atoms with Crippen molar-refractivity contribution in [2.24, 2.45) is 0 Å². The molecule has 2 atom stereocenters. The second-order valence-corrected chi connectivity index (χ2v) is 8.43. The summed E-state index contributed by atoms with van der Waals surface area (Å²) in [7, 11) is 0. The topological polar surface area (TPSA) is 58.9 Å². The molecule has 0 saturated carbocycles. The highest BCUT2D eigenvalue weighted by molar-refractivity contribution is 5.59. The van der Waals surface area contributed by atoms with Gasteiger partial charge < -0.3 is 19.7 Å². The van der Waals surface area contributed by atoms with Gasteiger partial charge in [0.25, 0.3) is 0 Å². The Bertz CT molecular complexity index is 1010. The molecule has 0 saturated heterocycles. The van der Waals surface area contributed by atoms with Crippen LogP contribution in [0.5, 0.6) is 23.0 Å². The van der Waals surface area contributed by atoms with Gasteiger partial charge in [-0.05, 0) is 58.2 Å². The van der Waals surface area contributed by atoms with E-state index in [1.54, 1.807) is 12.1 Å². The van der Waals surface area contributed by atoms with Crippen molar-refractivity contribution in [3.05, 3.63) is 69.8 Å². The number of benzene rings is 2. The Labute approximate surface area is 172 Å². The molecule has 0 aliphatic carbocycles. The van der Waals surface area contributed by atoms with Crippen LogP contribution in [0.3, 0.4) is 0 Å². The predicted octanol–water partition coefficient (Wildman–Crippen LogP) is 5.72. The fourth-order valence-electron chi connectivity index (χ4n) is 4.09. The lowest BCUT2D eigenvalue weighted by Crippen LogP contribution is -2.24. The highest BCUT2D eigenvalue weighted by Crippen LogP contribution is 2.54. The summed E-state index contributed by atoms with van der Waals surface area (Å²) in [5, 5.41) is 20.8. The van der Waals surface area contributed by atoms with Gasteiger partial charge in [0.05, 0.1) is 12.5 Å². The first kappa shape index (κ1) is 19.4. The molecule has 2 aromatic rings. The van der Waals surface area contributed by atoms with Gasteiger partial charge in [0, 0.05) is 22.8 Å². The molecule has 2 aromatic carbocycles. The minimum Gasteiger partial charge on any atom is -0.508 e. The fraction of sp³-hybridized carbons (Fsp3) is 0.360. The van der Waals surface area contributed by atoms with Crippen LogP contribution in [-0.4, -0.2) is 16.8 Å². The Morgan fingerprint density at radius 1 is 1.00 bits per heavy atom. The van der Waals surface area contributed by atoms with Crippen LogP contribution < -0.4 is 9.47 Å². The molecule has 2 N–H and O–H groups in total. The maximum atomic E-state index is 11.0. The predicted molar refractivity (Wildman–Crippen MR) is 114 cm³/mol. The Hall–Kier alpha value is -2.88. The van der Waals surface area contributed by atoms with E-state index in [1.807, 2.05) is 12.1 Å². The standard InChI is InChI=1S/C25H28O4/c1-14(2)5-7-16-11-20-24(19(23(16)27)9-6-15(3)4)28-13-21-18-10-8-17(26)12-22(18)29-25(20)21/h5-6,8,10-12,21,25-27H,7,9,13H2,1-4H3/t21-,25+/m0/s1. The van der Waals surface area contributed by atoms with E-state index in [1.165, 1.54) is 11.1 Å². The lowest BCUT2D eigenvalue weighted by molar-refractivity contribution is 0.138. The van der Waals surface area contributed by atoms with Crippen molar-refractivity contribution in [3.8, 4) is 23.0 Å². The SMILES string of the molecule is CC(C)=CCc1cc2c(c(CC=C(C)C)c1O)OC[C@H]1c3ccc(O)cc3O[C@H]21. The van der Waals surface area contributed by atoms with E-state index in [2.05, 4.69) is 39.8 Å². The highest BCUT2D eigenvalue weighted by atomic mass is 16.5. The largest absolute Gasteiger partial charge is 0.508 e. The van der Waals surface area contributed by atoms with Gasteiger partial charge in [0.15, 0.2) is 0 Å². The van der Waals surface area contributed by atoms with Crippen LogP contribution in [0.15, 0.2) is 47.6 Å². The van der Waals surface area contributed by atoms with Crippen molar-refractivity contribution in [1.82, 2.24) is 0 Å². The normalized spacial score (nSPS) is 18.6. The van der Waals surface area contributed by atoms with Gasteiger partial charge in [-0.15, -0.1) is 0 Å². The number of hydrogen-bond acceptors (Lipinski definition) is 4. The lowest BCUT2D eigenvalue weighted by atomic mass is 9.86. The molecule has 2 heterocycles.